The number of methoxy groups -OCH3 is 1. The molecule has 1 aliphatic carbocycles. The van der Waals surface area contributed by atoms with Crippen molar-refractivity contribution in [1.82, 2.24) is 0 Å². The summed E-state index contributed by atoms with van der Waals surface area (Å²) in [7, 11) is -0.331. The minimum absolute atomic E-state index is 0.181. The fourth-order valence-electron chi connectivity index (χ4n) is 5.29. The van der Waals surface area contributed by atoms with E-state index in [0.29, 0.717) is 18.6 Å². The van der Waals surface area contributed by atoms with Gasteiger partial charge in [0.15, 0.2) is 12.2 Å². The number of aliphatic hydroxyl groups is 4. The van der Waals surface area contributed by atoms with Crippen molar-refractivity contribution in [2.75, 3.05) is 27.7 Å². The van der Waals surface area contributed by atoms with Crippen LogP contribution in [0, 0.1) is 0 Å². The maximum atomic E-state index is 12.3. The molecular formula is C23H36NO11S+. The van der Waals surface area contributed by atoms with Crippen LogP contribution in [0.25, 0.3) is 0 Å². The van der Waals surface area contributed by atoms with Gasteiger partial charge in [0.05, 0.1) is 39.3 Å². The number of hydrogen-bond acceptors (Lipinski definition) is 10. The SMILES string of the molecule is COc1ccc(C(C[N+](C)(C)C2OC(C(=O)OS(=O)(=O)O)C(O)C(O)C2O)C2(O)CCCCC2)cc1. The Balaban J connectivity index is 1.93. The Labute approximate surface area is 210 Å². The third kappa shape index (κ3) is 6.34. The van der Waals surface area contributed by atoms with E-state index in [-0.39, 0.29) is 11.0 Å². The molecule has 1 saturated carbocycles. The van der Waals surface area contributed by atoms with Gasteiger partial charge in [0, 0.05) is 0 Å². The van der Waals surface area contributed by atoms with E-state index in [0.717, 1.165) is 24.8 Å². The lowest BCUT2D eigenvalue weighted by molar-refractivity contribution is -0.946. The molecule has 0 radical (unpaired) electrons. The van der Waals surface area contributed by atoms with Crippen LogP contribution < -0.4 is 4.74 Å². The van der Waals surface area contributed by atoms with Crippen molar-refractivity contribution < 1.29 is 56.3 Å². The molecule has 0 spiro atoms. The van der Waals surface area contributed by atoms with Gasteiger partial charge < -0.3 is 38.6 Å². The van der Waals surface area contributed by atoms with E-state index >= 15 is 0 Å². The maximum Gasteiger partial charge on any atom is 0.449 e. The number of carbonyl (C=O) groups excluding carboxylic acids is 1. The van der Waals surface area contributed by atoms with Gasteiger partial charge in [0.25, 0.3) is 0 Å². The van der Waals surface area contributed by atoms with Crippen LogP contribution in [0.5, 0.6) is 5.75 Å². The monoisotopic (exact) mass is 534 g/mol. The number of quaternary nitrogens is 1. The average molecular weight is 535 g/mol. The predicted molar refractivity (Wildman–Crippen MR) is 125 cm³/mol. The summed E-state index contributed by atoms with van der Waals surface area (Å²) in [6.07, 6.45) is -5.07. The molecule has 12 nitrogen and oxygen atoms in total. The molecule has 6 unspecified atom stereocenters. The Hall–Kier alpha value is -1.84. The molecule has 1 heterocycles. The third-order valence-corrected chi connectivity index (χ3v) is 7.61. The number of ether oxygens (including phenoxy) is 2. The van der Waals surface area contributed by atoms with E-state index in [4.69, 9.17) is 14.0 Å². The summed E-state index contributed by atoms with van der Waals surface area (Å²) in [6.45, 7) is 0.188. The van der Waals surface area contributed by atoms with E-state index in [9.17, 15) is 33.6 Å². The van der Waals surface area contributed by atoms with Crippen LogP contribution in [-0.2, 0) is 24.1 Å². The van der Waals surface area contributed by atoms with Crippen molar-refractivity contribution in [2.45, 2.75) is 74.3 Å². The maximum absolute atomic E-state index is 12.3. The van der Waals surface area contributed by atoms with E-state index in [2.05, 4.69) is 4.18 Å². The molecule has 2 aliphatic rings. The van der Waals surface area contributed by atoms with E-state index in [1.807, 2.05) is 12.1 Å². The van der Waals surface area contributed by atoms with E-state index in [1.165, 1.54) is 0 Å². The summed E-state index contributed by atoms with van der Waals surface area (Å²) >= 11 is 0. The van der Waals surface area contributed by atoms with Gasteiger partial charge in [-0.25, -0.2) is 4.79 Å². The molecule has 0 bridgehead atoms. The van der Waals surface area contributed by atoms with Gasteiger partial charge >= 0.3 is 16.4 Å². The molecule has 5 N–H and O–H groups in total. The van der Waals surface area contributed by atoms with Crippen molar-refractivity contribution in [1.29, 1.82) is 0 Å². The highest BCUT2D eigenvalue weighted by Crippen LogP contribution is 2.42. The van der Waals surface area contributed by atoms with Gasteiger partial charge in [-0.1, -0.05) is 31.4 Å². The molecule has 0 amide bonds. The minimum atomic E-state index is -5.20. The molecule has 13 heteroatoms. The van der Waals surface area contributed by atoms with Crippen molar-refractivity contribution in [2.24, 2.45) is 0 Å². The molecule has 3 rings (SSSR count). The Kier molecular flexibility index (Phi) is 8.68. The molecule has 1 saturated heterocycles. The lowest BCUT2D eigenvalue weighted by Gasteiger charge is -2.49. The Morgan fingerprint density at radius 3 is 2.19 bits per heavy atom. The predicted octanol–water partition coefficient (Wildman–Crippen LogP) is -0.296. The van der Waals surface area contributed by atoms with Gasteiger partial charge in [-0.05, 0) is 30.5 Å². The summed E-state index contributed by atoms with van der Waals surface area (Å²) in [6, 6.07) is 7.25. The van der Waals surface area contributed by atoms with E-state index in [1.54, 1.807) is 33.3 Å². The van der Waals surface area contributed by atoms with Crippen LogP contribution >= 0.6 is 0 Å². The molecule has 1 aromatic carbocycles. The Morgan fingerprint density at radius 1 is 1.08 bits per heavy atom. The normalized spacial score (nSPS) is 29.8. The molecule has 1 aromatic rings. The number of likely N-dealkylation sites (N-methyl/N-ethyl adjacent to an activating group) is 1. The first-order valence-electron chi connectivity index (χ1n) is 11.8. The Bertz CT molecular complexity index is 1010. The fraction of sp³-hybridized carbons (Fsp3) is 0.696. The lowest BCUT2D eigenvalue weighted by Crippen LogP contribution is -2.69. The van der Waals surface area contributed by atoms with E-state index < -0.39 is 58.5 Å². The van der Waals surface area contributed by atoms with Crippen molar-refractivity contribution in [3.05, 3.63) is 29.8 Å². The number of rotatable bonds is 8. The molecule has 1 aliphatic heterocycles. The van der Waals surface area contributed by atoms with Crippen LogP contribution in [0.2, 0.25) is 0 Å². The smallest absolute Gasteiger partial charge is 0.449 e. The van der Waals surface area contributed by atoms with Gasteiger partial charge in [0.1, 0.15) is 18.0 Å². The molecular weight excluding hydrogens is 498 g/mol. The third-order valence-electron chi connectivity index (χ3n) is 7.24. The summed E-state index contributed by atoms with van der Waals surface area (Å²) in [5, 5.41) is 43.1. The summed E-state index contributed by atoms with van der Waals surface area (Å²) in [5.74, 6) is -1.44. The van der Waals surface area contributed by atoms with Crippen LogP contribution in [-0.4, -0.2) is 108 Å². The molecule has 0 aromatic heterocycles. The topological polar surface area (TPSA) is 180 Å². The molecule has 2 fully saturated rings. The first kappa shape index (κ1) is 28.7. The highest BCUT2D eigenvalue weighted by Gasteiger charge is 2.55. The van der Waals surface area contributed by atoms with Crippen LogP contribution in [0.3, 0.4) is 0 Å². The zero-order valence-corrected chi connectivity index (χ0v) is 21.4. The molecule has 36 heavy (non-hydrogen) atoms. The second-order valence-electron chi connectivity index (χ2n) is 10.2. The number of benzene rings is 1. The van der Waals surface area contributed by atoms with Crippen LogP contribution in [0.1, 0.15) is 43.6 Å². The first-order chi connectivity index (χ1) is 16.7. The van der Waals surface area contributed by atoms with Crippen LogP contribution in [0.4, 0.5) is 0 Å². The number of carbonyl (C=O) groups is 1. The fourth-order valence-corrected chi connectivity index (χ4v) is 5.60. The number of hydrogen-bond donors (Lipinski definition) is 5. The zero-order valence-electron chi connectivity index (χ0n) is 20.6. The van der Waals surface area contributed by atoms with Crippen molar-refractivity contribution in [3.63, 3.8) is 0 Å². The summed E-state index contributed by atoms with van der Waals surface area (Å²) in [5.41, 5.74) is -0.247. The highest BCUT2D eigenvalue weighted by atomic mass is 32.3. The zero-order chi connectivity index (χ0) is 26.9. The van der Waals surface area contributed by atoms with Crippen LogP contribution in [0.15, 0.2) is 24.3 Å². The van der Waals surface area contributed by atoms with Crippen molar-refractivity contribution >= 4 is 16.4 Å². The first-order valence-corrected chi connectivity index (χ1v) is 13.1. The lowest BCUT2D eigenvalue weighted by atomic mass is 9.72. The number of nitrogens with zero attached hydrogens (tertiary/aromatic N) is 1. The quantitative estimate of drug-likeness (QED) is 0.218. The summed E-state index contributed by atoms with van der Waals surface area (Å²) in [4.78, 5) is 12.3. The second-order valence-corrected chi connectivity index (χ2v) is 11.2. The summed E-state index contributed by atoms with van der Waals surface area (Å²) < 4.78 is 45.4. The van der Waals surface area contributed by atoms with Gasteiger partial charge in [0.2, 0.25) is 6.23 Å². The second kappa shape index (κ2) is 10.9. The molecule has 6 atom stereocenters. The largest absolute Gasteiger partial charge is 0.497 e. The standard InChI is InChI=1S/C23H35NO11S/c1-24(2,21-19(27)17(25)18(26)20(34-21)22(28)35-36(30,31)32)13-16(23(29)11-5-4-6-12-23)14-7-9-15(33-3)10-8-14/h7-10,16-21,25-27,29H,4-6,11-13H2,1-3H3/p+1. The molecule has 204 valence electrons. The minimum Gasteiger partial charge on any atom is -0.497 e. The van der Waals surface area contributed by atoms with Gasteiger partial charge in [-0.15, -0.1) is 0 Å². The van der Waals surface area contributed by atoms with Gasteiger partial charge in [-0.2, -0.15) is 8.42 Å². The Morgan fingerprint density at radius 2 is 1.67 bits per heavy atom. The highest BCUT2D eigenvalue weighted by molar-refractivity contribution is 7.81. The van der Waals surface area contributed by atoms with Gasteiger partial charge in [-0.3, -0.25) is 4.55 Å². The number of aliphatic hydroxyl groups excluding tert-OH is 3. The average Bonchev–Trinajstić information content (AvgIpc) is 2.80. The van der Waals surface area contributed by atoms with Crippen molar-refractivity contribution in [3.8, 4) is 5.75 Å².